The topological polar surface area (TPSA) is 92.3 Å². The number of hydrazine groups is 1. The van der Waals surface area contributed by atoms with Crippen molar-refractivity contribution in [2.45, 2.75) is 11.3 Å². The van der Waals surface area contributed by atoms with Crippen LogP contribution in [0.4, 0.5) is 0 Å². The second kappa shape index (κ2) is 8.73. The first-order valence-corrected chi connectivity index (χ1v) is 10.0. The van der Waals surface area contributed by atoms with E-state index in [-0.39, 0.29) is 21.9 Å². The molecule has 2 amide bonds. The molecule has 0 aromatic heterocycles. The SMILES string of the molecule is O=C(CCS(=O)(=O)c1ccc(Cl)cc1)NNC(=O)c1cc(Cl)ccc1Cl. The number of hydrogen-bond donors (Lipinski definition) is 2. The Morgan fingerprint density at radius 2 is 1.50 bits per heavy atom. The van der Waals surface area contributed by atoms with Crippen molar-refractivity contribution in [1.82, 2.24) is 10.9 Å². The Hall–Kier alpha value is -1.80. The normalized spacial score (nSPS) is 11.0. The molecule has 2 N–H and O–H groups in total. The zero-order valence-corrected chi connectivity index (χ0v) is 16.2. The minimum absolute atomic E-state index is 0.0597. The summed E-state index contributed by atoms with van der Waals surface area (Å²) in [4.78, 5) is 23.8. The molecule has 0 fully saturated rings. The maximum Gasteiger partial charge on any atom is 0.271 e. The molecule has 6 nitrogen and oxygen atoms in total. The van der Waals surface area contributed by atoms with Gasteiger partial charge in [-0.2, -0.15) is 0 Å². The minimum Gasteiger partial charge on any atom is -0.273 e. The molecule has 2 aromatic carbocycles. The highest BCUT2D eigenvalue weighted by Crippen LogP contribution is 2.20. The summed E-state index contributed by atoms with van der Waals surface area (Å²) in [5, 5.41) is 0.871. The summed E-state index contributed by atoms with van der Waals surface area (Å²) in [6, 6.07) is 9.92. The molecular weight excluding hydrogens is 423 g/mol. The molecule has 2 rings (SSSR count). The summed E-state index contributed by atoms with van der Waals surface area (Å²) in [5.74, 6) is -1.77. The van der Waals surface area contributed by atoms with E-state index < -0.39 is 27.4 Å². The molecular formula is C16H13Cl3N2O4S. The first-order valence-electron chi connectivity index (χ1n) is 7.21. The van der Waals surface area contributed by atoms with Crippen molar-refractivity contribution in [2.75, 3.05) is 5.75 Å². The highest BCUT2D eigenvalue weighted by molar-refractivity contribution is 7.91. The smallest absolute Gasteiger partial charge is 0.271 e. The fourth-order valence-electron chi connectivity index (χ4n) is 1.91. The van der Waals surface area contributed by atoms with E-state index in [1.54, 1.807) is 0 Å². The van der Waals surface area contributed by atoms with Crippen LogP contribution in [-0.4, -0.2) is 26.0 Å². The van der Waals surface area contributed by atoms with Crippen LogP contribution in [0.25, 0.3) is 0 Å². The van der Waals surface area contributed by atoms with E-state index in [0.717, 1.165) is 0 Å². The van der Waals surface area contributed by atoms with Gasteiger partial charge in [-0.05, 0) is 42.5 Å². The van der Waals surface area contributed by atoms with Crippen LogP contribution in [0.15, 0.2) is 47.4 Å². The van der Waals surface area contributed by atoms with Gasteiger partial charge >= 0.3 is 0 Å². The second-order valence-electron chi connectivity index (χ2n) is 5.15. The molecule has 0 bridgehead atoms. The van der Waals surface area contributed by atoms with Crippen molar-refractivity contribution in [1.29, 1.82) is 0 Å². The molecule has 0 radical (unpaired) electrons. The third-order valence-corrected chi connectivity index (χ3v) is 5.81. The molecule has 0 heterocycles. The molecule has 138 valence electrons. The summed E-state index contributed by atoms with van der Waals surface area (Å²) in [5.41, 5.74) is 4.37. The third kappa shape index (κ3) is 5.60. The third-order valence-electron chi connectivity index (χ3n) is 3.26. The molecule has 0 aliphatic rings. The van der Waals surface area contributed by atoms with E-state index in [9.17, 15) is 18.0 Å². The van der Waals surface area contributed by atoms with E-state index in [0.29, 0.717) is 10.0 Å². The molecule has 26 heavy (non-hydrogen) atoms. The monoisotopic (exact) mass is 434 g/mol. The standard InChI is InChI=1S/C16H13Cl3N2O4S/c17-10-1-4-12(5-2-10)26(24,25)8-7-15(22)20-21-16(23)13-9-11(18)3-6-14(13)19/h1-6,9H,7-8H2,(H,20,22)(H,21,23). The van der Waals surface area contributed by atoms with E-state index in [1.165, 1.54) is 42.5 Å². The lowest BCUT2D eigenvalue weighted by atomic mass is 10.2. The number of carbonyl (C=O) groups excluding carboxylic acids is 2. The first-order chi connectivity index (χ1) is 12.2. The van der Waals surface area contributed by atoms with Gasteiger partial charge in [-0.3, -0.25) is 20.4 Å². The maximum atomic E-state index is 12.1. The largest absolute Gasteiger partial charge is 0.273 e. The summed E-state index contributed by atoms with van der Waals surface area (Å²) >= 11 is 17.4. The van der Waals surface area contributed by atoms with Crippen LogP contribution in [-0.2, 0) is 14.6 Å². The molecule has 0 saturated carbocycles. The van der Waals surface area contributed by atoms with Gasteiger partial charge in [0.1, 0.15) is 0 Å². The highest BCUT2D eigenvalue weighted by atomic mass is 35.5. The number of rotatable bonds is 5. The van der Waals surface area contributed by atoms with Crippen molar-refractivity contribution < 1.29 is 18.0 Å². The molecule has 0 unspecified atom stereocenters. The average Bonchev–Trinajstić information content (AvgIpc) is 2.60. The van der Waals surface area contributed by atoms with Crippen LogP contribution in [0.2, 0.25) is 15.1 Å². The van der Waals surface area contributed by atoms with E-state index in [2.05, 4.69) is 10.9 Å². The van der Waals surface area contributed by atoms with Gasteiger partial charge < -0.3 is 0 Å². The summed E-state index contributed by atoms with van der Waals surface area (Å²) in [6.45, 7) is 0. The average molecular weight is 436 g/mol. The zero-order chi connectivity index (χ0) is 19.3. The van der Waals surface area contributed by atoms with E-state index in [4.69, 9.17) is 34.8 Å². The quantitative estimate of drug-likeness (QED) is 0.705. The Morgan fingerprint density at radius 3 is 2.15 bits per heavy atom. The van der Waals surface area contributed by atoms with Crippen LogP contribution in [0.1, 0.15) is 16.8 Å². The predicted octanol–water partition coefficient (Wildman–Crippen LogP) is 3.27. The lowest BCUT2D eigenvalue weighted by molar-refractivity contribution is -0.121. The molecule has 0 atom stereocenters. The van der Waals surface area contributed by atoms with Crippen LogP contribution in [0.3, 0.4) is 0 Å². The van der Waals surface area contributed by atoms with Gasteiger partial charge in [0.05, 0.1) is 21.2 Å². The lowest BCUT2D eigenvalue weighted by Crippen LogP contribution is -2.42. The van der Waals surface area contributed by atoms with Gasteiger partial charge in [0.15, 0.2) is 9.84 Å². The summed E-state index contributed by atoms with van der Waals surface area (Å²) in [7, 11) is -3.65. The van der Waals surface area contributed by atoms with Crippen LogP contribution >= 0.6 is 34.8 Å². The molecule has 10 heteroatoms. The highest BCUT2D eigenvalue weighted by Gasteiger charge is 2.17. The Bertz CT molecular complexity index is 931. The zero-order valence-electron chi connectivity index (χ0n) is 13.1. The lowest BCUT2D eigenvalue weighted by Gasteiger charge is -2.09. The molecule has 0 aliphatic carbocycles. The van der Waals surface area contributed by atoms with Crippen molar-refractivity contribution in [3.05, 3.63) is 63.1 Å². The van der Waals surface area contributed by atoms with Crippen molar-refractivity contribution >= 4 is 56.5 Å². The van der Waals surface area contributed by atoms with Crippen molar-refractivity contribution in [3.63, 3.8) is 0 Å². The van der Waals surface area contributed by atoms with Crippen molar-refractivity contribution in [2.24, 2.45) is 0 Å². The summed E-state index contributed by atoms with van der Waals surface area (Å²) < 4.78 is 24.3. The van der Waals surface area contributed by atoms with Gasteiger partial charge in [-0.25, -0.2) is 8.42 Å². The first kappa shape index (κ1) is 20.5. The predicted molar refractivity (Wildman–Crippen MR) is 100 cm³/mol. The minimum atomic E-state index is -3.65. The second-order valence-corrected chi connectivity index (χ2v) is 8.54. The Labute approximate surface area is 165 Å². The number of sulfone groups is 1. The van der Waals surface area contributed by atoms with Gasteiger partial charge in [0.2, 0.25) is 5.91 Å². The van der Waals surface area contributed by atoms with Crippen LogP contribution in [0.5, 0.6) is 0 Å². The number of hydrogen-bond acceptors (Lipinski definition) is 4. The molecule has 0 aliphatic heterocycles. The number of carbonyl (C=O) groups is 2. The molecule has 2 aromatic rings. The van der Waals surface area contributed by atoms with Crippen molar-refractivity contribution in [3.8, 4) is 0 Å². The van der Waals surface area contributed by atoms with Gasteiger partial charge in [-0.1, -0.05) is 34.8 Å². The number of nitrogens with one attached hydrogen (secondary N) is 2. The fraction of sp³-hybridized carbons (Fsp3) is 0.125. The summed E-state index contributed by atoms with van der Waals surface area (Å²) in [6.07, 6.45) is -0.339. The van der Waals surface area contributed by atoms with Gasteiger partial charge in [-0.15, -0.1) is 0 Å². The van der Waals surface area contributed by atoms with E-state index >= 15 is 0 Å². The number of amides is 2. The Balaban J connectivity index is 1.90. The fourth-order valence-corrected chi connectivity index (χ4v) is 3.66. The maximum absolute atomic E-state index is 12.1. The Morgan fingerprint density at radius 1 is 0.885 bits per heavy atom. The van der Waals surface area contributed by atoms with Crippen LogP contribution < -0.4 is 10.9 Å². The number of benzene rings is 2. The van der Waals surface area contributed by atoms with Crippen LogP contribution in [0, 0.1) is 0 Å². The molecule has 0 saturated heterocycles. The van der Waals surface area contributed by atoms with Gasteiger partial charge in [0.25, 0.3) is 5.91 Å². The number of halogens is 3. The van der Waals surface area contributed by atoms with E-state index in [1.807, 2.05) is 0 Å². The van der Waals surface area contributed by atoms with Gasteiger partial charge in [0, 0.05) is 16.5 Å². The molecule has 0 spiro atoms. The Kier molecular flexibility index (Phi) is 6.88.